The molecule has 1 atom stereocenters. The van der Waals surface area contributed by atoms with E-state index in [1.807, 2.05) is 4.68 Å². The number of carbonyl (C=O) groups is 1. The van der Waals surface area contributed by atoms with Crippen LogP contribution in [0.3, 0.4) is 0 Å². The predicted octanol–water partition coefficient (Wildman–Crippen LogP) is 3.61. The Hall–Kier alpha value is -2.94. The number of hydrogen-bond donors (Lipinski definition) is 1. The van der Waals surface area contributed by atoms with Gasteiger partial charge in [-0.15, -0.1) is 0 Å². The summed E-state index contributed by atoms with van der Waals surface area (Å²) in [6, 6.07) is 1.48. The van der Waals surface area contributed by atoms with Crippen molar-refractivity contribution in [2.75, 3.05) is 13.2 Å². The van der Waals surface area contributed by atoms with Crippen LogP contribution in [0, 0.1) is 17.0 Å². The molecule has 0 saturated carbocycles. The summed E-state index contributed by atoms with van der Waals surface area (Å²) in [6.07, 6.45) is 4.44. The first-order valence-corrected chi connectivity index (χ1v) is 8.98. The van der Waals surface area contributed by atoms with E-state index < -0.39 is 10.9 Å². The zero-order valence-electron chi connectivity index (χ0n) is 15.2. The van der Waals surface area contributed by atoms with Gasteiger partial charge in [0.15, 0.2) is 11.2 Å². The minimum Gasteiger partial charge on any atom is -0.461 e. The molecule has 27 heavy (non-hydrogen) atoms. The average Bonchev–Trinajstić information content (AvgIpc) is 3.23. The number of aromatic amines is 1. The fraction of sp³-hybridized carbons (Fsp3) is 0.444. The molecule has 3 aromatic rings. The summed E-state index contributed by atoms with van der Waals surface area (Å²) in [4.78, 5) is 27.7. The van der Waals surface area contributed by atoms with Crippen LogP contribution in [0.2, 0.25) is 0 Å². The number of esters is 1. The molecule has 9 heteroatoms. The quantitative estimate of drug-likeness (QED) is 0.425. The Kier molecular flexibility index (Phi) is 4.31. The maximum absolute atomic E-state index is 12.3. The highest BCUT2D eigenvalue weighted by Crippen LogP contribution is 2.38. The van der Waals surface area contributed by atoms with Crippen LogP contribution < -0.4 is 0 Å². The van der Waals surface area contributed by atoms with Crippen molar-refractivity contribution in [3.63, 3.8) is 0 Å². The number of nitro groups is 1. The highest BCUT2D eigenvalue weighted by molar-refractivity contribution is 6.13. The minimum absolute atomic E-state index is 0.111. The van der Waals surface area contributed by atoms with Crippen molar-refractivity contribution in [3.05, 3.63) is 33.6 Å². The number of rotatable bonds is 4. The van der Waals surface area contributed by atoms with Crippen molar-refractivity contribution in [1.82, 2.24) is 14.8 Å². The number of ether oxygens (including phenoxy) is 2. The Labute approximate surface area is 154 Å². The van der Waals surface area contributed by atoms with E-state index in [9.17, 15) is 14.9 Å². The van der Waals surface area contributed by atoms with E-state index in [1.54, 1.807) is 20.0 Å². The zero-order valence-corrected chi connectivity index (χ0v) is 15.2. The van der Waals surface area contributed by atoms with E-state index in [0.717, 1.165) is 24.8 Å². The lowest BCUT2D eigenvalue weighted by Gasteiger charge is -2.24. The topological polar surface area (TPSA) is 112 Å². The van der Waals surface area contributed by atoms with Crippen LogP contribution in [0.25, 0.3) is 21.8 Å². The first-order valence-electron chi connectivity index (χ1n) is 8.98. The zero-order chi connectivity index (χ0) is 19.1. The molecule has 1 N–H and O–H groups in total. The molecule has 142 valence electrons. The second-order valence-electron chi connectivity index (χ2n) is 6.58. The van der Waals surface area contributed by atoms with Gasteiger partial charge < -0.3 is 14.6 Å². The van der Waals surface area contributed by atoms with Crippen molar-refractivity contribution < 1.29 is 19.2 Å². The molecule has 1 aromatic carbocycles. The Morgan fingerprint density at radius 1 is 1.52 bits per heavy atom. The van der Waals surface area contributed by atoms with E-state index in [2.05, 4.69) is 10.1 Å². The SMILES string of the molecule is CCOC(=O)c1nc2c([N+](=O)[O-])cc3c[nH]n(C4CCCCO4)c3c2c1C. The van der Waals surface area contributed by atoms with E-state index >= 15 is 0 Å². The van der Waals surface area contributed by atoms with Gasteiger partial charge in [0.05, 0.1) is 17.0 Å². The number of nitrogens with zero attached hydrogens (tertiary/aromatic N) is 3. The van der Waals surface area contributed by atoms with Gasteiger partial charge in [-0.2, -0.15) is 0 Å². The van der Waals surface area contributed by atoms with Gasteiger partial charge in [-0.3, -0.25) is 14.8 Å². The van der Waals surface area contributed by atoms with Crippen molar-refractivity contribution >= 4 is 33.5 Å². The van der Waals surface area contributed by atoms with Gasteiger partial charge in [0.2, 0.25) is 0 Å². The number of aromatic nitrogens is 3. The fourth-order valence-electron chi connectivity index (χ4n) is 3.72. The summed E-state index contributed by atoms with van der Waals surface area (Å²) in [7, 11) is 0. The molecule has 3 heterocycles. The number of hydrogen-bond acceptors (Lipinski definition) is 6. The lowest BCUT2D eigenvalue weighted by molar-refractivity contribution is -0.383. The van der Waals surface area contributed by atoms with Gasteiger partial charge in [0.25, 0.3) is 5.69 Å². The highest BCUT2D eigenvalue weighted by Gasteiger charge is 2.28. The van der Waals surface area contributed by atoms with Crippen LogP contribution in [0.15, 0.2) is 12.3 Å². The van der Waals surface area contributed by atoms with Gasteiger partial charge in [-0.25, -0.2) is 9.78 Å². The summed E-state index contributed by atoms with van der Waals surface area (Å²) in [5.74, 6) is -0.579. The van der Waals surface area contributed by atoms with Crippen LogP contribution in [0.1, 0.15) is 48.5 Å². The molecule has 0 radical (unpaired) electrons. The summed E-state index contributed by atoms with van der Waals surface area (Å²) >= 11 is 0. The molecule has 1 aliphatic rings. The van der Waals surface area contributed by atoms with Crippen molar-refractivity contribution in [2.45, 2.75) is 39.3 Å². The van der Waals surface area contributed by atoms with Gasteiger partial charge >= 0.3 is 5.97 Å². The third-order valence-corrected chi connectivity index (χ3v) is 4.94. The molecule has 1 unspecified atom stereocenters. The molecule has 9 nitrogen and oxygen atoms in total. The van der Waals surface area contributed by atoms with E-state index in [0.29, 0.717) is 22.9 Å². The van der Waals surface area contributed by atoms with Gasteiger partial charge in [-0.1, -0.05) is 0 Å². The van der Waals surface area contributed by atoms with Gasteiger partial charge in [-0.05, 0) is 38.7 Å². The Morgan fingerprint density at radius 2 is 2.33 bits per heavy atom. The Morgan fingerprint density at radius 3 is 3.00 bits per heavy atom. The largest absolute Gasteiger partial charge is 0.461 e. The Balaban J connectivity index is 2.02. The molecular formula is C18H20N4O5. The normalized spacial score (nSPS) is 17.5. The molecule has 0 amide bonds. The fourth-order valence-corrected chi connectivity index (χ4v) is 3.72. The van der Waals surface area contributed by atoms with Crippen LogP contribution in [0.4, 0.5) is 5.69 Å². The molecule has 2 aromatic heterocycles. The molecule has 0 bridgehead atoms. The van der Waals surface area contributed by atoms with E-state index in [-0.39, 0.29) is 29.7 Å². The third kappa shape index (κ3) is 2.74. The van der Waals surface area contributed by atoms with Gasteiger partial charge in [0, 0.05) is 29.6 Å². The maximum atomic E-state index is 12.3. The number of H-pyrrole nitrogens is 1. The molecule has 1 fully saturated rings. The van der Waals surface area contributed by atoms with E-state index in [1.165, 1.54) is 6.07 Å². The average molecular weight is 372 g/mol. The summed E-state index contributed by atoms with van der Waals surface area (Å²) in [5.41, 5.74) is 1.49. The standard InChI is InChI=1S/C18H20N4O5/c1-3-26-18(23)15-10(2)14-16(20-15)12(22(24)25)8-11-9-19-21(17(11)14)13-6-4-5-7-27-13/h8-9,13,19H,3-7H2,1-2H3. The molecule has 0 aliphatic carbocycles. The number of benzene rings is 1. The van der Waals surface area contributed by atoms with Crippen molar-refractivity contribution in [2.24, 2.45) is 0 Å². The maximum Gasteiger partial charge on any atom is 0.357 e. The number of fused-ring (bicyclic) bond motifs is 3. The molecular weight excluding hydrogens is 352 g/mol. The molecule has 1 saturated heterocycles. The monoisotopic (exact) mass is 372 g/mol. The first-order chi connectivity index (χ1) is 13.0. The van der Waals surface area contributed by atoms with Crippen molar-refractivity contribution in [1.29, 1.82) is 0 Å². The number of carbonyl (C=O) groups excluding carboxylic acids is 1. The van der Waals surface area contributed by atoms with Crippen LogP contribution in [0.5, 0.6) is 0 Å². The number of nitrogens with one attached hydrogen (secondary N) is 1. The highest BCUT2D eigenvalue weighted by atomic mass is 16.6. The van der Waals surface area contributed by atoms with Crippen LogP contribution in [-0.4, -0.2) is 38.9 Å². The molecule has 0 spiro atoms. The van der Waals surface area contributed by atoms with Crippen LogP contribution >= 0.6 is 0 Å². The Bertz CT molecular complexity index is 1050. The summed E-state index contributed by atoms with van der Waals surface area (Å²) in [5, 5.41) is 16.0. The lowest BCUT2D eigenvalue weighted by atomic mass is 10.1. The predicted molar refractivity (Wildman–Crippen MR) is 97.8 cm³/mol. The number of nitro benzene ring substituents is 1. The second kappa shape index (κ2) is 6.66. The van der Waals surface area contributed by atoms with E-state index in [4.69, 9.17) is 9.47 Å². The van der Waals surface area contributed by atoms with Crippen LogP contribution in [-0.2, 0) is 9.47 Å². The first kappa shape index (κ1) is 17.5. The summed E-state index contributed by atoms with van der Waals surface area (Å²) < 4.78 is 12.8. The number of aryl methyl sites for hydroxylation is 1. The second-order valence-corrected chi connectivity index (χ2v) is 6.58. The molecule has 1 aliphatic heterocycles. The number of non-ortho nitro benzene ring substituents is 1. The molecule has 4 rings (SSSR count). The van der Waals surface area contributed by atoms with Crippen molar-refractivity contribution in [3.8, 4) is 0 Å². The smallest absolute Gasteiger partial charge is 0.357 e. The third-order valence-electron chi connectivity index (χ3n) is 4.94. The lowest BCUT2D eigenvalue weighted by Crippen LogP contribution is -2.19. The van der Waals surface area contributed by atoms with Gasteiger partial charge in [0.1, 0.15) is 6.23 Å². The minimum atomic E-state index is -0.579. The summed E-state index contributed by atoms with van der Waals surface area (Å²) in [6.45, 7) is 4.32.